The quantitative estimate of drug-likeness (QED) is 0.0432. The van der Waals surface area contributed by atoms with Gasteiger partial charge in [-0.05, 0) is 25.7 Å². The van der Waals surface area contributed by atoms with E-state index in [2.05, 4.69) is 27.4 Å². The van der Waals surface area contributed by atoms with Gasteiger partial charge < -0.3 is 4.74 Å². The van der Waals surface area contributed by atoms with Crippen LogP contribution in [0.15, 0.2) is 12.7 Å². The lowest BCUT2D eigenvalue weighted by Gasteiger charge is -2.04. The first-order valence-electron chi connectivity index (χ1n) is 17.0. The summed E-state index contributed by atoms with van der Waals surface area (Å²) in [6.07, 6.45) is 35.8. The zero-order valence-corrected chi connectivity index (χ0v) is 26.3. The number of carbonyl (C=O) groups excluding carboxylic acids is 2. The van der Waals surface area contributed by atoms with Gasteiger partial charge in [0.25, 0.3) is 0 Å². The van der Waals surface area contributed by atoms with Gasteiger partial charge in [0.05, 0.1) is 0 Å². The third kappa shape index (κ3) is 37.0. The smallest absolute Gasteiger partial charge is 0.313 e. The van der Waals surface area contributed by atoms with E-state index in [9.17, 15) is 9.59 Å². The van der Waals surface area contributed by atoms with Crippen LogP contribution in [-0.2, 0) is 14.3 Å². The van der Waals surface area contributed by atoms with E-state index in [0.29, 0.717) is 12.8 Å². The van der Waals surface area contributed by atoms with Gasteiger partial charge in [0, 0.05) is 12.8 Å². The molecule has 0 bridgehead atoms. The SMILES string of the molecule is C=CCCCCCCCCC.CCCCCCCCCCCC(=O)OC(=O)CCCCCCCCCCC. The minimum atomic E-state index is -0.334. The van der Waals surface area contributed by atoms with Crippen LogP contribution in [0.4, 0.5) is 0 Å². The normalized spacial score (nSPS) is 10.6. The van der Waals surface area contributed by atoms with Gasteiger partial charge in [-0.3, -0.25) is 9.59 Å². The minimum absolute atomic E-state index is 0.334. The summed E-state index contributed by atoms with van der Waals surface area (Å²) < 4.78 is 4.92. The van der Waals surface area contributed by atoms with Crippen molar-refractivity contribution in [2.45, 2.75) is 201 Å². The average Bonchev–Trinajstić information content (AvgIpc) is 2.91. The molecule has 226 valence electrons. The summed E-state index contributed by atoms with van der Waals surface area (Å²) >= 11 is 0. The first kappa shape index (κ1) is 39.0. The maximum Gasteiger partial charge on any atom is 0.313 e. The average molecular weight is 537 g/mol. The minimum Gasteiger partial charge on any atom is -0.393 e. The molecule has 0 unspecified atom stereocenters. The fraction of sp³-hybridized carbons (Fsp3) is 0.886. The van der Waals surface area contributed by atoms with Gasteiger partial charge in [-0.15, -0.1) is 6.58 Å². The molecule has 0 fully saturated rings. The van der Waals surface area contributed by atoms with Crippen molar-refractivity contribution in [3.63, 3.8) is 0 Å². The number of unbranched alkanes of at least 4 members (excludes halogenated alkanes) is 23. The lowest BCUT2D eigenvalue weighted by atomic mass is 10.1. The Morgan fingerprint density at radius 1 is 0.447 bits per heavy atom. The Labute approximate surface area is 239 Å². The molecule has 0 saturated heterocycles. The van der Waals surface area contributed by atoms with Gasteiger partial charge in [-0.2, -0.15) is 0 Å². The molecule has 0 aliphatic heterocycles. The van der Waals surface area contributed by atoms with Crippen molar-refractivity contribution in [1.29, 1.82) is 0 Å². The summed E-state index contributed by atoms with van der Waals surface area (Å²) in [6, 6.07) is 0. The highest BCUT2D eigenvalue weighted by Gasteiger charge is 2.09. The van der Waals surface area contributed by atoms with Crippen molar-refractivity contribution in [1.82, 2.24) is 0 Å². The van der Waals surface area contributed by atoms with Crippen molar-refractivity contribution in [3.05, 3.63) is 12.7 Å². The topological polar surface area (TPSA) is 43.4 Å². The highest BCUT2D eigenvalue weighted by Crippen LogP contribution is 2.13. The first-order valence-corrected chi connectivity index (χ1v) is 17.0. The van der Waals surface area contributed by atoms with Gasteiger partial charge in [0.15, 0.2) is 0 Å². The molecule has 3 nitrogen and oxygen atoms in total. The zero-order chi connectivity index (χ0) is 28.4. The molecule has 0 atom stereocenters. The Kier molecular flexibility index (Phi) is 36.8. The molecule has 38 heavy (non-hydrogen) atoms. The Morgan fingerprint density at radius 2 is 0.711 bits per heavy atom. The number of hydrogen-bond acceptors (Lipinski definition) is 3. The molecule has 0 spiro atoms. The van der Waals surface area contributed by atoms with Crippen molar-refractivity contribution in [3.8, 4) is 0 Å². The van der Waals surface area contributed by atoms with Crippen LogP contribution in [0, 0.1) is 0 Å². The van der Waals surface area contributed by atoms with Crippen LogP contribution in [0.25, 0.3) is 0 Å². The van der Waals surface area contributed by atoms with Crippen LogP contribution in [0.1, 0.15) is 201 Å². The van der Waals surface area contributed by atoms with Gasteiger partial charge in [0.1, 0.15) is 0 Å². The highest BCUT2D eigenvalue weighted by molar-refractivity contribution is 5.85. The predicted molar refractivity (Wildman–Crippen MR) is 168 cm³/mol. The lowest BCUT2D eigenvalue weighted by molar-refractivity contribution is -0.159. The fourth-order valence-corrected chi connectivity index (χ4v) is 4.63. The number of esters is 2. The van der Waals surface area contributed by atoms with Crippen molar-refractivity contribution in [2.75, 3.05) is 0 Å². The summed E-state index contributed by atoms with van der Waals surface area (Å²) in [5.41, 5.74) is 0. The second kappa shape index (κ2) is 35.9. The van der Waals surface area contributed by atoms with E-state index in [1.54, 1.807) is 0 Å². The molecule has 0 rings (SSSR count). The molecule has 0 aliphatic carbocycles. The Balaban J connectivity index is 0. The fourth-order valence-electron chi connectivity index (χ4n) is 4.63. The number of allylic oxidation sites excluding steroid dienone is 1. The highest BCUT2D eigenvalue weighted by atomic mass is 16.6. The lowest BCUT2D eigenvalue weighted by Crippen LogP contribution is -2.11. The van der Waals surface area contributed by atoms with E-state index in [-0.39, 0.29) is 11.9 Å². The van der Waals surface area contributed by atoms with Crippen molar-refractivity contribution < 1.29 is 14.3 Å². The third-order valence-electron chi connectivity index (χ3n) is 7.21. The summed E-state index contributed by atoms with van der Waals surface area (Å²) in [7, 11) is 0. The Bertz CT molecular complexity index is 454. The zero-order valence-electron chi connectivity index (χ0n) is 26.3. The van der Waals surface area contributed by atoms with Gasteiger partial charge in [0.2, 0.25) is 0 Å². The van der Waals surface area contributed by atoms with E-state index >= 15 is 0 Å². The molecular weight excluding hydrogens is 468 g/mol. The molecule has 0 amide bonds. The van der Waals surface area contributed by atoms with Gasteiger partial charge >= 0.3 is 11.9 Å². The molecule has 0 aromatic rings. The molecule has 3 heteroatoms. The molecule has 0 aromatic heterocycles. The van der Waals surface area contributed by atoms with Crippen LogP contribution in [0.2, 0.25) is 0 Å². The number of carbonyl (C=O) groups is 2. The largest absolute Gasteiger partial charge is 0.393 e. The maximum atomic E-state index is 11.7. The number of hydrogen-bond donors (Lipinski definition) is 0. The van der Waals surface area contributed by atoms with Crippen LogP contribution < -0.4 is 0 Å². The second-order valence-corrected chi connectivity index (χ2v) is 11.2. The molecule has 0 radical (unpaired) electrons. The molecule has 0 N–H and O–H groups in total. The predicted octanol–water partition coefficient (Wildman–Crippen LogP) is 12.2. The van der Waals surface area contributed by atoms with E-state index in [4.69, 9.17) is 4.74 Å². The maximum absolute atomic E-state index is 11.7. The third-order valence-corrected chi connectivity index (χ3v) is 7.21. The Hall–Kier alpha value is -1.12. The number of rotatable bonds is 28. The van der Waals surface area contributed by atoms with E-state index in [0.717, 1.165) is 25.7 Å². The number of ether oxygens (including phenoxy) is 1. The molecule has 0 heterocycles. The monoisotopic (exact) mass is 537 g/mol. The standard InChI is InChI=1S/C24H46O3.C11H22/c1-3-5-7-9-11-13-15-17-19-21-23(25)27-24(26)22-20-18-16-14-12-10-8-6-4-2;1-3-5-7-9-11-10-8-6-4-2/h3-22H2,1-2H3;3H,1,4-11H2,2H3. The molecule has 0 aliphatic rings. The first-order chi connectivity index (χ1) is 18.6. The van der Waals surface area contributed by atoms with E-state index < -0.39 is 0 Å². The molecular formula is C35H68O3. The second-order valence-electron chi connectivity index (χ2n) is 11.2. The van der Waals surface area contributed by atoms with Crippen molar-refractivity contribution >= 4 is 11.9 Å². The summed E-state index contributed by atoms with van der Waals surface area (Å²) in [5.74, 6) is -0.669. The summed E-state index contributed by atoms with van der Waals surface area (Å²) in [6.45, 7) is 10.4. The summed E-state index contributed by atoms with van der Waals surface area (Å²) in [4.78, 5) is 23.4. The molecule has 0 aromatic carbocycles. The van der Waals surface area contributed by atoms with Gasteiger partial charge in [-0.1, -0.05) is 168 Å². The van der Waals surface area contributed by atoms with Crippen molar-refractivity contribution in [2.24, 2.45) is 0 Å². The van der Waals surface area contributed by atoms with E-state index in [1.807, 2.05) is 6.08 Å². The molecule has 0 saturated carbocycles. The van der Waals surface area contributed by atoms with Crippen LogP contribution in [-0.4, -0.2) is 11.9 Å². The summed E-state index contributed by atoms with van der Waals surface area (Å²) in [5, 5.41) is 0. The van der Waals surface area contributed by atoms with E-state index in [1.165, 1.54) is 141 Å². The van der Waals surface area contributed by atoms with Crippen LogP contribution in [0.3, 0.4) is 0 Å². The van der Waals surface area contributed by atoms with Gasteiger partial charge in [-0.25, -0.2) is 0 Å². The van der Waals surface area contributed by atoms with Crippen LogP contribution in [0.5, 0.6) is 0 Å². The van der Waals surface area contributed by atoms with Crippen LogP contribution >= 0.6 is 0 Å². The Morgan fingerprint density at radius 3 is 1.00 bits per heavy atom.